The Morgan fingerprint density at radius 3 is 2.62 bits per heavy atom. The molecule has 2 heterocycles. The van der Waals surface area contributed by atoms with Crippen LogP contribution < -0.4 is 14.4 Å². The normalized spacial score (nSPS) is 17.4. The van der Waals surface area contributed by atoms with Crippen LogP contribution in [0.25, 0.3) is 0 Å². The van der Waals surface area contributed by atoms with Gasteiger partial charge in [0, 0.05) is 19.3 Å². The van der Waals surface area contributed by atoms with Crippen LogP contribution in [0.15, 0.2) is 30.5 Å². The molecule has 8 heteroatoms. The first kappa shape index (κ1) is 18.3. The molecule has 1 atom stereocenters. The van der Waals surface area contributed by atoms with Crippen molar-refractivity contribution in [2.24, 2.45) is 5.92 Å². The summed E-state index contributed by atoms with van der Waals surface area (Å²) in [6, 6.07) is 7.30. The molecule has 0 aliphatic carbocycles. The van der Waals surface area contributed by atoms with Crippen LogP contribution in [0.3, 0.4) is 0 Å². The molecule has 140 valence electrons. The number of ether oxygens (including phenoxy) is 2. The molecule has 0 bridgehead atoms. The van der Waals surface area contributed by atoms with E-state index in [0.717, 1.165) is 24.6 Å². The minimum absolute atomic E-state index is 0.321. The molecule has 0 radical (unpaired) electrons. The number of benzene rings is 1. The molecule has 2 aromatic rings. The second-order valence-corrected chi connectivity index (χ2v) is 6.23. The zero-order chi connectivity index (χ0) is 18.7. The van der Waals surface area contributed by atoms with Gasteiger partial charge in [-0.2, -0.15) is 13.2 Å². The third kappa shape index (κ3) is 4.00. The van der Waals surface area contributed by atoms with Crippen LogP contribution in [-0.4, -0.2) is 37.3 Å². The number of methoxy groups -OCH3 is 2. The summed E-state index contributed by atoms with van der Waals surface area (Å²) >= 11 is 0. The van der Waals surface area contributed by atoms with Crippen molar-refractivity contribution >= 4 is 5.82 Å². The lowest BCUT2D eigenvalue weighted by Gasteiger charge is -2.18. The molecule has 1 aliphatic rings. The molecule has 1 fully saturated rings. The van der Waals surface area contributed by atoms with E-state index in [4.69, 9.17) is 9.47 Å². The number of halogens is 3. The minimum atomic E-state index is -4.53. The number of rotatable bonds is 5. The lowest BCUT2D eigenvalue weighted by atomic mass is 9.98. The average molecular weight is 367 g/mol. The van der Waals surface area contributed by atoms with Crippen LogP contribution in [-0.2, 0) is 12.6 Å². The predicted molar refractivity (Wildman–Crippen MR) is 90.6 cm³/mol. The van der Waals surface area contributed by atoms with Crippen LogP contribution in [0, 0.1) is 5.92 Å². The molecule has 1 unspecified atom stereocenters. The van der Waals surface area contributed by atoms with E-state index < -0.39 is 12.0 Å². The number of aromatic nitrogens is 2. The largest absolute Gasteiger partial charge is 0.493 e. The van der Waals surface area contributed by atoms with Gasteiger partial charge in [-0.05, 0) is 42.5 Å². The average Bonchev–Trinajstić information content (AvgIpc) is 3.09. The fraction of sp³-hybridized carbons (Fsp3) is 0.444. The Balaban J connectivity index is 1.68. The zero-order valence-corrected chi connectivity index (χ0v) is 14.6. The maximum absolute atomic E-state index is 12.8. The third-order valence-corrected chi connectivity index (χ3v) is 4.48. The first-order valence-electron chi connectivity index (χ1n) is 8.27. The number of hydrogen-bond acceptors (Lipinski definition) is 5. The molecule has 1 saturated heterocycles. The monoisotopic (exact) mass is 367 g/mol. The van der Waals surface area contributed by atoms with Gasteiger partial charge in [0.1, 0.15) is 5.82 Å². The summed E-state index contributed by atoms with van der Waals surface area (Å²) in [5.74, 6) is 0.897. The molecule has 1 aromatic heterocycles. The maximum atomic E-state index is 12.8. The highest BCUT2D eigenvalue weighted by molar-refractivity contribution is 5.43. The smallest absolute Gasteiger partial charge is 0.451 e. The number of anilines is 1. The highest BCUT2D eigenvalue weighted by Crippen LogP contribution is 2.32. The third-order valence-electron chi connectivity index (χ3n) is 4.48. The molecule has 1 aromatic carbocycles. The van der Waals surface area contributed by atoms with Crippen molar-refractivity contribution in [2.75, 3.05) is 32.2 Å². The summed E-state index contributed by atoms with van der Waals surface area (Å²) in [6.45, 7) is 1.33. The molecule has 1 aliphatic heterocycles. The van der Waals surface area contributed by atoms with E-state index in [-0.39, 0.29) is 0 Å². The SMILES string of the molecule is COc1ccc(CC2CCN(c3ccnc(C(F)(F)F)n3)C2)cc1OC. The van der Waals surface area contributed by atoms with Crippen LogP contribution in [0.5, 0.6) is 11.5 Å². The summed E-state index contributed by atoms with van der Waals surface area (Å²) in [4.78, 5) is 8.86. The first-order valence-corrected chi connectivity index (χ1v) is 8.27. The van der Waals surface area contributed by atoms with Crippen LogP contribution in [0.4, 0.5) is 19.0 Å². The first-order chi connectivity index (χ1) is 12.4. The summed E-state index contributed by atoms with van der Waals surface area (Å²) in [5, 5.41) is 0. The van der Waals surface area contributed by atoms with E-state index in [1.165, 1.54) is 6.07 Å². The van der Waals surface area contributed by atoms with Gasteiger partial charge in [-0.1, -0.05) is 6.07 Å². The van der Waals surface area contributed by atoms with Crippen molar-refractivity contribution in [2.45, 2.75) is 19.0 Å². The Hall–Kier alpha value is -2.51. The van der Waals surface area contributed by atoms with E-state index in [1.807, 2.05) is 23.1 Å². The van der Waals surface area contributed by atoms with Crippen molar-refractivity contribution in [3.8, 4) is 11.5 Å². The number of nitrogens with zero attached hydrogens (tertiary/aromatic N) is 3. The Bertz CT molecular complexity index is 768. The summed E-state index contributed by atoms with van der Waals surface area (Å²) in [7, 11) is 3.18. The molecule has 0 spiro atoms. The summed E-state index contributed by atoms with van der Waals surface area (Å²) in [6.07, 6.45) is -1.67. The van der Waals surface area contributed by atoms with E-state index in [2.05, 4.69) is 9.97 Å². The van der Waals surface area contributed by atoms with Gasteiger partial charge in [-0.25, -0.2) is 9.97 Å². The predicted octanol–water partition coefficient (Wildman–Crippen LogP) is 3.58. The number of alkyl halides is 3. The van der Waals surface area contributed by atoms with E-state index in [1.54, 1.807) is 14.2 Å². The molecule has 3 rings (SSSR count). The molecule has 5 nitrogen and oxygen atoms in total. The van der Waals surface area contributed by atoms with Crippen molar-refractivity contribution in [3.63, 3.8) is 0 Å². The van der Waals surface area contributed by atoms with E-state index >= 15 is 0 Å². The quantitative estimate of drug-likeness (QED) is 0.808. The van der Waals surface area contributed by atoms with Gasteiger partial charge in [0.05, 0.1) is 14.2 Å². The van der Waals surface area contributed by atoms with Gasteiger partial charge in [0.25, 0.3) is 0 Å². The van der Waals surface area contributed by atoms with Gasteiger partial charge in [0.15, 0.2) is 11.5 Å². The van der Waals surface area contributed by atoms with Crippen molar-refractivity contribution in [3.05, 3.63) is 41.9 Å². The van der Waals surface area contributed by atoms with Crippen LogP contribution >= 0.6 is 0 Å². The van der Waals surface area contributed by atoms with Gasteiger partial charge < -0.3 is 14.4 Å². The molecular weight excluding hydrogens is 347 g/mol. The topological polar surface area (TPSA) is 47.5 Å². The molecule has 0 N–H and O–H groups in total. The summed E-state index contributed by atoms with van der Waals surface area (Å²) < 4.78 is 48.9. The van der Waals surface area contributed by atoms with Crippen LogP contribution in [0.1, 0.15) is 17.8 Å². The van der Waals surface area contributed by atoms with Gasteiger partial charge in [-0.15, -0.1) is 0 Å². The fourth-order valence-corrected chi connectivity index (χ4v) is 3.21. The Kier molecular flexibility index (Phi) is 5.20. The Morgan fingerprint density at radius 2 is 1.92 bits per heavy atom. The van der Waals surface area contributed by atoms with E-state index in [0.29, 0.717) is 36.3 Å². The van der Waals surface area contributed by atoms with Gasteiger partial charge in [0.2, 0.25) is 5.82 Å². The second kappa shape index (κ2) is 7.39. The molecular formula is C18H20F3N3O2. The Labute approximate surface area is 149 Å². The van der Waals surface area contributed by atoms with Gasteiger partial charge in [-0.3, -0.25) is 0 Å². The number of hydrogen-bond donors (Lipinski definition) is 0. The lowest BCUT2D eigenvalue weighted by Crippen LogP contribution is -2.23. The minimum Gasteiger partial charge on any atom is -0.493 e. The van der Waals surface area contributed by atoms with Crippen LogP contribution in [0.2, 0.25) is 0 Å². The van der Waals surface area contributed by atoms with Crippen molar-refractivity contribution in [1.29, 1.82) is 0 Å². The zero-order valence-electron chi connectivity index (χ0n) is 14.6. The fourth-order valence-electron chi connectivity index (χ4n) is 3.21. The highest BCUT2D eigenvalue weighted by atomic mass is 19.4. The molecule has 0 saturated carbocycles. The molecule has 0 amide bonds. The Morgan fingerprint density at radius 1 is 1.15 bits per heavy atom. The van der Waals surface area contributed by atoms with Crippen molar-refractivity contribution < 1.29 is 22.6 Å². The van der Waals surface area contributed by atoms with E-state index in [9.17, 15) is 13.2 Å². The standard InChI is InChI=1S/C18H20F3N3O2/c1-25-14-4-3-12(10-15(14)26-2)9-13-6-8-24(11-13)16-5-7-22-17(23-16)18(19,20)21/h3-5,7,10,13H,6,8-9,11H2,1-2H3. The summed E-state index contributed by atoms with van der Waals surface area (Å²) in [5.41, 5.74) is 1.10. The maximum Gasteiger partial charge on any atom is 0.451 e. The van der Waals surface area contributed by atoms with Crippen molar-refractivity contribution in [1.82, 2.24) is 9.97 Å². The lowest BCUT2D eigenvalue weighted by molar-refractivity contribution is -0.144. The second-order valence-electron chi connectivity index (χ2n) is 6.23. The molecule has 26 heavy (non-hydrogen) atoms. The van der Waals surface area contributed by atoms with Gasteiger partial charge >= 0.3 is 6.18 Å². The highest BCUT2D eigenvalue weighted by Gasteiger charge is 2.35.